The molecule has 1 aliphatic carbocycles. The fraction of sp³-hybridized carbons (Fsp3) is 0.267. The van der Waals surface area contributed by atoms with Crippen molar-refractivity contribution in [2.75, 3.05) is 0 Å². The lowest BCUT2D eigenvalue weighted by molar-refractivity contribution is 0.0946. The highest BCUT2D eigenvalue weighted by Gasteiger charge is 2.24. The van der Waals surface area contributed by atoms with Crippen molar-refractivity contribution < 1.29 is 9.18 Å². The Morgan fingerprint density at radius 2 is 2.15 bits per heavy atom. The third-order valence-corrected chi connectivity index (χ3v) is 3.31. The van der Waals surface area contributed by atoms with Gasteiger partial charge in [0.2, 0.25) is 0 Å². The summed E-state index contributed by atoms with van der Waals surface area (Å²) >= 11 is 0. The van der Waals surface area contributed by atoms with Crippen LogP contribution in [-0.2, 0) is 6.54 Å². The number of amides is 1. The first kappa shape index (κ1) is 12.7. The van der Waals surface area contributed by atoms with E-state index in [9.17, 15) is 9.18 Å². The number of carbonyl (C=O) groups excluding carboxylic acids is 1. The number of pyridine rings is 2. The van der Waals surface area contributed by atoms with E-state index in [0.29, 0.717) is 12.5 Å². The van der Waals surface area contributed by atoms with E-state index >= 15 is 0 Å². The van der Waals surface area contributed by atoms with Crippen LogP contribution in [0.4, 0.5) is 4.39 Å². The quantitative estimate of drug-likeness (QED) is 0.929. The average molecular weight is 271 g/mol. The van der Waals surface area contributed by atoms with E-state index in [0.717, 1.165) is 17.5 Å². The third kappa shape index (κ3) is 2.82. The Hall–Kier alpha value is -2.30. The Morgan fingerprint density at radius 1 is 1.30 bits per heavy atom. The normalized spacial score (nSPS) is 14.1. The van der Waals surface area contributed by atoms with Crippen molar-refractivity contribution in [3.63, 3.8) is 0 Å². The van der Waals surface area contributed by atoms with Crippen LogP contribution in [0.3, 0.4) is 0 Å². The maximum absolute atomic E-state index is 13.4. The molecule has 2 aromatic heterocycles. The molecular formula is C15H14FN3O. The van der Waals surface area contributed by atoms with Gasteiger partial charge in [-0.2, -0.15) is 0 Å². The fourth-order valence-electron chi connectivity index (χ4n) is 2.00. The molecule has 3 rings (SSSR count). The molecule has 0 aromatic carbocycles. The van der Waals surface area contributed by atoms with Gasteiger partial charge in [-0.15, -0.1) is 0 Å². The van der Waals surface area contributed by atoms with Gasteiger partial charge in [0.15, 0.2) is 5.82 Å². The summed E-state index contributed by atoms with van der Waals surface area (Å²) in [6.07, 6.45) is 6.61. The Balaban J connectivity index is 1.61. The second-order valence-electron chi connectivity index (χ2n) is 4.90. The summed E-state index contributed by atoms with van der Waals surface area (Å²) in [5.74, 6) is -0.451. The molecule has 0 unspecified atom stereocenters. The predicted molar refractivity (Wildman–Crippen MR) is 71.6 cm³/mol. The third-order valence-electron chi connectivity index (χ3n) is 3.31. The zero-order valence-electron chi connectivity index (χ0n) is 10.8. The fourth-order valence-corrected chi connectivity index (χ4v) is 2.00. The van der Waals surface area contributed by atoms with Gasteiger partial charge in [-0.3, -0.25) is 14.8 Å². The van der Waals surface area contributed by atoms with E-state index in [-0.39, 0.29) is 5.56 Å². The van der Waals surface area contributed by atoms with Gasteiger partial charge in [0.1, 0.15) is 0 Å². The monoisotopic (exact) mass is 271 g/mol. The Kier molecular flexibility index (Phi) is 3.41. The lowest BCUT2D eigenvalue weighted by Crippen LogP contribution is -2.24. The number of aromatic nitrogens is 2. The molecule has 20 heavy (non-hydrogen) atoms. The van der Waals surface area contributed by atoms with E-state index in [1.165, 1.54) is 25.1 Å². The Labute approximate surface area is 116 Å². The molecule has 0 spiro atoms. The SMILES string of the molecule is O=C(NCc1ccc(C2CC2)nc1)c1ccncc1F. The molecular weight excluding hydrogens is 257 g/mol. The van der Waals surface area contributed by atoms with Crippen molar-refractivity contribution in [1.82, 2.24) is 15.3 Å². The van der Waals surface area contributed by atoms with E-state index < -0.39 is 11.7 Å². The largest absolute Gasteiger partial charge is 0.348 e. The molecule has 5 heteroatoms. The lowest BCUT2D eigenvalue weighted by Gasteiger charge is -2.06. The van der Waals surface area contributed by atoms with E-state index in [1.807, 2.05) is 12.1 Å². The van der Waals surface area contributed by atoms with Gasteiger partial charge in [-0.05, 0) is 30.5 Å². The smallest absolute Gasteiger partial charge is 0.254 e. The van der Waals surface area contributed by atoms with Crippen LogP contribution >= 0.6 is 0 Å². The van der Waals surface area contributed by atoms with Crippen molar-refractivity contribution in [1.29, 1.82) is 0 Å². The van der Waals surface area contributed by atoms with Crippen LogP contribution in [0.2, 0.25) is 0 Å². The molecule has 1 N–H and O–H groups in total. The molecule has 0 aliphatic heterocycles. The minimum atomic E-state index is -0.618. The first-order valence-electron chi connectivity index (χ1n) is 6.56. The Bertz CT molecular complexity index is 623. The van der Waals surface area contributed by atoms with E-state index in [1.54, 1.807) is 6.20 Å². The average Bonchev–Trinajstić information content (AvgIpc) is 3.30. The second-order valence-corrected chi connectivity index (χ2v) is 4.90. The maximum atomic E-state index is 13.4. The van der Waals surface area contributed by atoms with Crippen molar-refractivity contribution in [3.8, 4) is 0 Å². The summed E-state index contributed by atoms with van der Waals surface area (Å²) in [5.41, 5.74) is 2.01. The molecule has 1 amide bonds. The van der Waals surface area contributed by atoms with Gasteiger partial charge < -0.3 is 5.32 Å². The van der Waals surface area contributed by atoms with Crippen molar-refractivity contribution in [2.45, 2.75) is 25.3 Å². The summed E-state index contributed by atoms with van der Waals surface area (Å²) < 4.78 is 13.4. The van der Waals surface area contributed by atoms with Gasteiger partial charge >= 0.3 is 0 Å². The summed E-state index contributed by atoms with van der Waals surface area (Å²) in [5, 5.41) is 2.67. The van der Waals surface area contributed by atoms with Gasteiger partial charge in [0, 0.05) is 30.6 Å². The first-order valence-corrected chi connectivity index (χ1v) is 6.56. The Morgan fingerprint density at radius 3 is 2.80 bits per heavy atom. The standard InChI is InChI=1S/C15H14FN3O/c16-13-9-17-6-5-12(13)15(20)19-8-10-1-4-14(18-7-10)11-2-3-11/h1,4-7,9,11H,2-3,8H2,(H,19,20). The van der Waals surface area contributed by atoms with Crippen LogP contribution in [0.15, 0.2) is 36.8 Å². The molecule has 1 saturated carbocycles. The van der Waals surface area contributed by atoms with Crippen molar-refractivity contribution >= 4 is 5.91 Å². The highest BCUT2D eigenvalue weighted by atomic mass is 19.1. The molecule has 102 valence electrons. The number of halogens is 1. The topological polar surface area (TPSA) is 54.9 Å². The van der Waals surface area contributed by atoms with Crippen molar-refractivity contribution in [3.05, 3.63) is 59.4 Å². The van der Waals surface area contributed by atoms with Crippen LogP contribution < -0.4 is 5.32 Å². The molecule has 0 atom stereocenters. The molecule has 1 fully saturated rings. The van der Waals surface area contributed by atoms with Crippen LogP contribution in [0, 0.1) is 5.82 Å². The number of nitrogens with one attached hydrogen (secondary N) is 1. The van der Waals surface area contributed by atoms with E-state index in [2.05, 4.69) is 15.3 Å². The first-order chi connectivity index (χ1) is 9.74. The van der Waals surface area contributed by atoms with Crippen molar-refractivity contribution in [2.24, 2.45) is 0 Å². The molecule has 2 aromatic rings. The number of nitrogens with zero attached hydrogens (tertiary/aromatic N) is 2. The molecule has 0 bridgehead atoms. The minimum Gasteiger partial charge on any atom is -0.348 e. The summed E-state index contributed by atoms with van der Waals surface area (Å²) in [6, 6.07) is 5.30. The second kappa shape index (κ2) is 5.36. The zero-order valence-corrected chi connectivity index (χ0v) is 10.8. The van der Waals surface area contributed by atoms with Crippen LogP contribution in [-0.4, -0.2) is 15.9 Å². The van der Waals surface area contributed by atoms with Gasteiger partial charge in [-0.25, -0.2) is 4.39 Å². The van der Waals surface area contributed by atoms with Crippen LogP contribution in [0.25, 0.3) is 0 Å². The lowest BCUT2D eigenvalue weighted by atomic mass is 10.2. The molecule has 1 aliphatic rings. The predicted octanol–water partition coefficient (Wildman–Crippen LogP) is 2.42. The van der Waals surface area contributed by atoms with Crippen LogP contribution in [0.1, 0.15) is 40.4 Å². The van der Waals surface area contributed by atoms with Gasteiger partial charge in [0.05, 0.1) is 11.8 Å². The summed E-state index contributed by atoms with van der Waals surface area (Å²) in [4.78, 5) is 19.8. The number of hydrogen-bond donors (Lipinski definition) is 1. The molecule has 0 saturated heterocycles. The summed E-state index contributed by atoms with van der Waals surface area (Å²) in [6.45, 7) is 0.332. The number of carbonyl (C=O) groups is 1. The minimum absolute atomic E-state index is 0.00237. The summed E-state index contributed by atoms with van der Waals surface area (Å²) in [7, 11) is 0. The molecule has 4 nitrogen and oxygen atoms in total. The van der Waals surface area contributed by atoms with Crippen LogP contribution in [0.5, 0.6) is 0 Å². The van der Waals surface area contributed by atoms with Gasteiger partial charge in [-0.1, -0.05) is 6.07 Å². The highest BCUT2D eigenvalue weighted by molar-refractivity contribution is 5.94. The maximum Gasteiger partial charge on any atom is 0.254 e. The molecule has 2 heterocycles. The van der Waals surface area contributed by atoms with E-state index in [4.69, 9.17) is 0 Å². The highest BCUT2D eigenvalue weighted by Crippen LogP contribution is 2.38. The molecule has 0 radical (unpaired) electrons. The van der Waals surface area contributed by atoms with Gasteiger partial charge in [0.25, 0.3) is 5.91 Å². The number of hydrogen-bond acceptors (Lipinski definition) is 3. The number of rotatable bonds is 4. The zero-order chi connectivity index (χ0) is 13.9.